The van der Waals surface area contributed by atoms with Crippen LogP contribution in [0.4, 0.5) is 5.69 Å². The summed E-state index contributed by atoms with van der Waals surface area (Å²) >= 11 is 0. The average molecular weight is 359 g/mol. The van der Waals surface area contributed by atoms with Gasteiger partial charge in [-0.2, -0.15) is 5.10 Å². The molecule has 1 aliphatic heterocycles. The average Bonchev–Trinajstić information content (AvgIpc) is 3.14. The first kappa shape index (κ1) is 17.2. The third kappa shape index (κ3) is 3.67. The molecule has 3 aromatic rings. The maximum Gasteiger partial charge on any atom is 0.338 e. The Balaban J connectivity index is 1.46. The van der Waals surface area contributed by atoms with Crippen molar-refractivity contribution in [2.45, 2.75) is 26.4 Å². The molecule has 0 bridgehead atoms. The number of nitrogens with zero attached hydrogens (tertiary/aromatic N) is 3. The summed E-state index contributed by atoms with van der Waals surface area (Å²) in [4.78, 5) is 16.9. The van der Waals surface area contributed by atoms with Crippen molar-refractivity contribution in [2.24, 2.45) is 5.10 Å². The van der Waals surface area contributed by atoms with Crippen LogP contribution in [0.3, 0.4) is 0 Å². The zero-order valence-corrected chi connectivity index (χ0v) is 15.4. The Kier molecular flexibility index (Phi) is 4.59. The molecule has 27 heavy (non-hydrogen) atoms. The fraction of sp³-hybridized carbons (Fsp3) is 0.227. The number of hydrogen-bond acceptors (Lipinski definition) is 5. The number of esters is 1. The molecule has 2 heterocycles. The zero-order valence-electron chi connectivity index (χ0n) is 15.4. The van der Waals surface area contributed by atoms with Gasteiger partial charge in [-0.3, -0.25) is 9.99 Å². The van der Waals surface area contributed by atoms with E-state index in [1.54, 1.807) is 18.3 Å². The summed E-state index contributed by atoms with van der Waals surface area (Å²) in [5.74, 6) is -0.344. The van der Waals surface area contributed by atoms with E-state index in [4.69, 9.17) is 4.74 Å². The van der Waals surface area contributed by atoms with Gasteiger partial charge >= 0.3 is 5.97 Å². The molecular formula is C22H21N3O2. The van der Waals surface area contributed by atoms with Gasteiger partial charge in [0.25, 0.3) is 0 Å². The Bertz CT molecular complexity index is 1010. The standard InChI is InChI=1S/C22H21N3O2/c1-15-11-12-25(24-15)20-9-7-17(8-10-20)22(26)27-16(2)19-13-18-5-3-4-6-21(18)23-14-19/h3-10,13-14,16H,11-12H2,1-2H3. The molecular weight excluding hydrogens is 338 g/mol. The van der Waals surface area contributed by atoms with Gasteiger partial charge in [0.1, 0.15) is 6.10 Å². The third-order valence-electron chi connectivity index (χ3n) is 4.74. The van der Waals surface area contributed by atoms with Crippen molar-refractivity contribution in [3.63, 3.8) is 0 Å². The quantitative estimate of drug-likeness (QED) is 0.632. The maximum absolute atomic E-state index is 12.5. The van der Waals surface area contributed by atoms with Gasteiger partial charge < -0.3 is 4.74 Å². The number of aromatic nitrogens is 1. The lowest BCUT2D eigenvalue weighted by Crippen LogP contribution is -2.13. The Labute approximate surface area is 158 Å². The Morgan fingerprint density at radius 2 is 1.93 bits per heavy atom. The van der Waals surface area contributed by atoms with Gasteiger partial charge in [0, 0.05) is 35.8 Å². The Morgan fingerprint density at radius 3 is 2.67 bits per heavy atom. The second-order valence-corrected chi connectivity index (χ2v) is 6.76. The molecule has 0 fully saturated rings. The third-order valence-corrected chi connectivity index (χ3v) is 4.74. The predicted octanol–water partition coefficient (Wildman–Crippen LogP) is 4.74. The number of hydrazone groups is 1. The number of carbonyl (C=O) groups excluding carboxylic acids is 1. The van der Waals surface area contributed by atoms with Crippen LogP contribution < -0.4 is 5.01 Å². The molecule has 5 heteroatoms. The van der Waals surface area contributed by atoms with Crippen molar-refractivity contribution in [3.8, 4) is 0 Å². The number of para-hydroxylation sites is 1. The van der Waals surface area contributed by atoms with Crippen LogP contribution in [0, 0.1) is 0 Å². The van der Waals surface area contributed by atoms with Crippen LogP contribution in [0.2, 0.25) is 0 Å². The van der Waals surface area contributed by atoms with Crippen LogP contribution in [0.5, 0.6) is 0 Å². The lowest BCUT2D eigenvalue weighted by Gasteiger charge is -2.16. The van der Waals surface area contributed by atoms with Gasteiger partial charge in [0.05, 0.1) is 16.8 Å². The Hall–Kier alpha value is -3.21. The summed E-state index contributed by atoms with van der Waals surface area (Å²) in [6.45, 7) is 4.76. The molecule has 0 spiro atoms. The number of pyridine rings is 1. The number of hydrogen-bond donors (Lipinski definition) is 0. The highest BCUT2D eigenvalue weighted by molar-refractivity contribution is 5.90. The number of ether oxygens (including phenoxy) is 1. The summed E-state index contributed by atoms with van der Waals surface area (Å²) in [7, 11) is 0. The zero-order chi connectivity index (χ0) is 18.8. The van der Waals surface area contributed by atoms with Gasteiger partial charge in [-0.25, -0.2) is 4.79 Å². The topological polar surface area (TPSA) is 54.8 Å². The van der Waals surface area contributed by atoms with E-state index >= 15 is 0 Å². The fourth-order valence-corrected chi connectivity index (χ4v) is 3.14. The van der Waals surface area contributed by atoms with Gasteiger partial charge in [0.15, 0.2) is 0 Å². The first-order valence-electron chi connectivity index (χ1n) is 9.07. The maximum atomic E-state index is 12.5. The summed E-state index contributed by atoms with van der Waals surface area (Å²) in [6.07, 6.45) is 2.36. The molecule has 0 N–H and O–H groups in total. The SMILES string of the molecule is CC1=NN(c2ccc(C(=O)OC(C)c3cnc4ccccc4c3)cc2)CC1. The first-order valence-corrected chi connectivity index (χ1v) is 9.07. The summed E-state index contributed by atoms with van der Waals surface area (Å²) in [6, 6.07) is 17.3. The smallest absolute Gasteiger partial charge is 0.338 e. The second kappa shape index (κ2) is 7.19. The van der Waals surface area contributed by atoms with E-state index in [0.717, 1.165) is 40.8 Å². The molecule has 0 aliphatic carbocycles. The van der Waals surface area contributed by atoms with Crippen LogP contribution in [0.15, 0.2) is 65.9 Å². The molecule has 136 valence electrons. The van der Waals surface area contributed by atoms with Crippen molar-refractivity contribution in [2.75, 3.05) is 11.6 Å². The molecule has 0 amide bonds. The van der Waals surface area contributed by atoms with Crippen LogP contribution >= 0.6 is 0 Å². The summed E-state index contributed by atoms with van der Waals surface area (Å²) in [5.41, 5.74) is 4.43. The van der Waals surface area contributed by atoms with E-state index in [9.17, 15) is 4.79 Å². The first-order chi connectivity index (χ1) is 13.1. The number of rotatable bonds is 4. The van der Waals surface area contributed by atoms with E-state index in [0.29, 0.717) is 5.56 Å². The van der Waals surface area contributed by atoms with Crippen molar-refractivity contribution in [1.29, 1.82) is 0 Å². The number of benzene rings is 2. The van der Waals surface area contributed by atoms with E-state index in [-0.39, 0.29) is 12.1 Å². The molecule has 1 unspecified atom stereocenters. The largest absolute Gasteiger partial charge is 0.454 e. The van der Waals surface area contributed by atoms with Crippen LogP contribution in [-0.4, -0.2) is 23.2 Å². The number of anilines is 1. The predicted molar refractivity (Wildman–Crippen MR) is 107 cm³/mol. The van der Waals surface area contributed by atoms with Crippen molar-refractivity contribution < 1.29 is 9.53 Å². The second-order valence-electron chi connectivity index (χ2n) is 6.76. The van der Waals surface area contributed by atoms with Crippen LogP contribution in [0.1, 0.15) is 42.3 Å². The summed E-state index contributed by atoms with van der Waals surface area (Å²) in [5, 5.41) is 7.46. The molecule has 1 aliphatic rings. The minimum absolute atomic E-state index is 0.344. The normalized spacial score (nSPS) is 14.9. The Morgan fingerprint density at radius 1 is 1.15 bits per heavy atom. The lowest BCUT2D eigenvalue weighted by molar-refractivity contribution is 0.0337. The molecule has 5 nitrogen and oxygen atoms in total. The fourth-order valence-electron chi connectivity index (χ4n) is 3.14. The van der Waals surface area contributed by atoms with Gasteiger partial charge in [-0.15, -0.1) is 0 Å². The van der Waals surface area contributed by atoms with E-state index in [1.807, 2.05) is 61.3 Å². The van der Waals surface area contributed by atoms with Gasteiger partial charge in [0.2, 0.25) is 0 Å². The van der Waals surface area contributed by atoms with Crippen molar-refractivity contribution in [1.82, 2.24) is 4.98 Å². The minimum Gasteiger partial charge on any atom is -0.454 e. The van der Waals surface area contributed by atoms with E-state index in [1.165, 1.54) is 0 Å². The van der Waals surface area contributed by atoms with E-state index in [2.05, 4.69) is 10.1 Å². The lowest BCUT2D eigenvalue weighted by atomic mass is 10.1. The van der Waals surface area contributed by atoms with Crippen LogP contribution in [0.25, 0.3) is 10.9 Å². The number of carbonyl (C=O) groups is 1. The highest BCUT2D eigenvalue weighted by atomic mass is 16.5. The molecule has 1 aromatic heterocycles. The van der Waals surface area contributed by atoms with Gasteiger partial charge in [-0.05, 0) is 50.2 Å². The number of fused-ring (bicyclic) bond motifs is 1. The van der Waals surface area contributed by atoms with Crippen molar-refractivity contribution in [3.05, 3.63) is 71.9 Å². The van der Waals surface area contributed by atoms with E-state index < -0.39 is 0 Å². The molecule has 4 rings (SSSR count). The highest BCUT2D eigenvalue weighted by Crippen LogP contribution is 2.23. The monoisotopic (exact) mass is 359 g/mol. The molecule has 2 aromatic carbocycles. The van der Waals surface area contributed by atoms with Gasteiger partial charge in [-0.1, -0.05) is 18.2 Å². The molecule has 0 saturated carbocycles. The molecule has 1 atom stereocenters. The van der Waals surface area contributed by atoms with Crippen LogP contribution in [-0.2, 0) is 4.74 Å². The minimum atomic E-state index is -0.375. The molecule has 0 saturated heterocycles. The highest BCUT2D eigenvalue weighted by Gasteiger charge is 2.16. The van der Waals surface area contributed by atoms with Crippen molar-refractivity contribution >= 4 is 28.3 Å². The summed E-state index contributed by atoms with van der Waals surface area (Å²) < 4.78 is 5.63. The molecule has 0 radical (unpaired) electrons.